The van der Waals surface area contributed by atoms with E-state index >= 15 is 0 Å². The van der Waals surface area contributed by atoms with Gasteiger partial charge < -0.3 is 0 Å². The van der Waals surface area contributed by atoms with E-state index in [0.717, 1.165) is 37.1 Å². The smallest absolute Gasteiger partial charge is 0.119 e. The lowest BCUT2D eigenvalue weighted by molar-refractivity contribution is -0.0729. The molecule has 0 saturated carbocycles. The maximum absolute atomic E-state index is 5.66. The van der Waals surface area contributed by atoms with Gasteiger partial charge in [0, 0.05) is 32.0 Å². The van der Waals surface area contributed by atoms with Crippen LogP contribution in [0.2, 0.25) is 0 Å². The van der Waals surface area contributed by atoms with Crippen LogP contribution in [0.5, 0.6) is 0 Å². The minimum absolute atomic E-state index is 0.107. The Morgan fingerprint density at radius 2 is 2.28 bits per heavy atom. The maximum Gasteiger partial charge on any atom is 0.119 e. The fraction of sp³-hybridized carbons (Fsp3) is 0.462. The first-order valence-electron chi connectivity index (χ1n) is 6.19. The fourth-order valence-corrected chi connectivity index (χ4v) is 3.02. The molecule has 0 unspecified atom stereocenters. The topological polar surface area (TPSA) is 37.4 Å². The molecule has 3 heterocycles. The van der Waals surface area contributed by atoms with Crippen molar-refractivity contribution in [2.75, 3.05) is 13.1 Å². The Morgan fingerprint density at radius 3 is 2.89 bits per heavy atom. The summed E-state index contributed by atoms with van der Waals surface area (Å²) in [4.78, 5) is 12.3. The maximum atomic E-state index is 5.66. The van der Waals surface area contributed by atoms with Crippen LogP contribution < -0.4 is 5.48 Å². The van der Waals surface area contributed by atoms with Crippen LogP contribution in [0.25, 0.3) is 0 Å². The van der Waals surface area contributed by atoms with Gasteiger partial charge in [-0.2, -0.15) is 0 Å². The summed E-state index contributed by atoms with van der Waals surface area (Å²) in [6, 6.07) is 4.12. The monoisotopic (exact) mass is 309 g/mol. The molecule has 2 aliphatic rings. The van der Waals surface area contributed by atoms with E-state index < -0.39 is 0 Å². The molecule has 1 N–H and O–H groups in total. The first-order valence-corrected chi connectivity index (χ1v) is 6.99. The number of pyridine rings is 1. The Balaban J connectivity index is 1.58. The standard InChI is InChI=1S/C13H16BrN3O/c14-12-8-13(18-16-12)3-6-17(7-4-13)10-11-2-1-5-15-9-11/h1-2,5,8-9,16H,3-4,6-7,10H2. The molecule has 1 aromatic heterocycles. The van der Waals surface area contributed by atoms with Gasteiger partial charge in [0.25, 0.3) is 0 Å². The number of likely N-dealkylation sites (tertiary alicyclic amines) is 1. The summed E-state index contributed by atoms with van der Waals surface area (Å²) in [5, 5.41) is 0. The zero-order valence-corrected chi connectivity index (χ0v) is 11.7. The summed E-state index contributed by atoms with van der Waals surface area (Å²) >= 11 is 3.42. The summed E-state index contributed by atoms with van der Waals surface area (Å²) in [5.41, 5.74) is 4.06. The van der Waals surface area contributed by atoms with Gasteiger partial charge in [-0.05, 0) is 46.5 Å². The number of piperidine rings is 1. The SMILES string of the molecule is BrC1=CC2(CCN(Cc3cccnc3)CC2)ON1. The number of hydrogen-bond donors (Lipinski definition) is 1. The molecule has 0 bridgehead atoms. The van der Waals surface area contributed by atoms with E-state index in [0.29, 0.717) is 0 Å². The second-order valence-corrected chi connectivity index (χ2v) is 5.75. The van der Waals surface area contributed by atoms with E-state index in [2.05, 4.69) is 43.4 Å². The zero-order chi connectivity index (χ0) is 12.4. The van der Waals surface area contributed by atoms with Crippen molar-refractivity contribution in [2.45, 2.75) is 25.0 Å². The van der Waals surface area contributed by atoms with Gasteiger partial charge in [-0.25, -0.2) is 0 Å². The molecular formula is C13H16BrN3O. The average molecular weight is 310 g/mol. The lowest BCUT2D eigenvalue weighted by atomic mass is 9.91. The van der Waals surface area contributed by atoms with Crippen LogP contribution in [0.1, 0.15) is 18.4 Å². The second kappa shape index (κ2) is 4.99. The molecule has 2 aliphatic heterocycles. The second-order valence-electron chi connectivity index (χ2n) is 4.90. The van der Waals surface area contributed by atoms with E-state index in [1.807, 2.05) is 18.5 Å². The van der Waals surface area contributed by atoms with Crippen LogP contribution in [0.15, 0.2) is 35.2 Å². The average Bonchev–Trinajstić information content (AvgIpc) is 2.75. The predicted octanol–water partition coefficient (Wildman–Crippen LogP) is 2.19. The van der Waals surface area contributed by atoms with Crippen molar-refractivity contribution in [3.8, 4) is 0 Å². The number of nitrogens with one attached hydrogen (secondary N) is 1. The summed E-state index contributed by atoms with van der Waals surface area (Å²) in [6.45, 7) is 3.07. The third kappa shape index (κ3) is 2.58. The van der Waals surface area contributed by atoms with Gasteiger partial charge in [-0.1, -0.05) is 6.07 Å². The van der Waals surface area contributed by atoms with Gasteiger partial charge >= 0.3 is 0 Å². The van der Waals surface area contributed by atoms with Crippen LogP contribution in [-0.2, 0) is 11.4 Å². The van der Waals surface area contributed by atoms with Crippen LogP contribution in [0.4, 0.5) is 0 Å². The molecule has 3 rings (SSSR count). The van der Waals surface area contributed by atoms with Gasteiger partial charge in [-0.3, -0.25) is 20.2 Å². The van der Waals surface area contributed by atoms with E-state index in [4.69, 9.17) is 4.84 Å². The predicted molar refractivity (Wildman–Crippen MR) is 72.7 cm³/mol. The molecular weight excluding hydrogens is 294 g/mol. The molecule has 1 spiro atoms. The number of hydroxylamine groups is 1. The number of nitrogens with zero attached hydrogens (tertiary/aromatic N) is 2. The van der Waals surface area contributed by atoms with Crippen LogP contribution in [0, 0.1) is 0 Å². The molecule has 0 atom stereocenters. The van der Waals surface area contributed by atoms with Crippen molar-refractivity contribution < 1.29 is 4.84 Å². The summed E-state index contributed by atoms with van der Waals surface area (Å²) in [6.07, 6.45) is 7.95. The first kappa shape index (κ1) is 12.1. The third-order valence-electron chi connectivity index (χ3n) is 3.57. The normalized spacial score (nSPS) is 22.8. The summed E-state index contributed by atoms with van der Waals surface area (Å²) in [5.74, 6) is 0. The molecule has 4 nitrogen and oxygen atoms in total. The molecule has 0 amide bonds. The largest absolute Gasteiger partial charge is 0.299 e. The van der Waals surface area contributed by atoms with Crippen molar-refractivity contribution in [3.05, 3.63) is 40.8 Å². The van der Waals surface area contributed by atoms with Gasteiger partial charge in [0.15, 0.2) is 0 Å². The molecule has 0 aromatic carbocycles. The third-order valence-corrected chi connectivity index (χ3v) is 3.96. The van der Waals surface area contributed by atoms with Crippen molar-refractivity contribution >= 4 is 15.9 Å². The van der Waals surface area contributed by atoms with Crippen molar-refractivity contribution in [1.29, 1.82) is 0 Å². The van der Waals surface area contributed by atoms with Gasteiger partial charge in [0.1, 0.15) is 10.2 Å². The van der Waals surface area contributed by atoms with Crippen molar-refractivity contribution in [3.63, 3.8) is 0 Å². The summed E-state index contributed by atoms with van der Waals surface area (Å²) in [7, 11) is 0. The lowest BCUT2D eigenvalue weighted by Crippen LogP contribution is -2.44. The molecule has 1 fully saturated rings. The van der Waals surface area contributed by atoms with Crippen molar-refractivity contribution in [1.82, 2.24) is 15.4 Å². The minimum atomic E-state index is -0.107. The Bertz CT molecular complexity index is 441. The Hall–Kier alpha value is -0.910. The number of halogens is 1. The fourth-order valence-electron chi connectivity index (χ4n) is 2.53. The van der Waals surface area contributed by atoms with Crippen LogP contribution in [0.3, 0.4) is 0 Å². The van der Waals surface area contributed by atoms with E-state index in [9.17, 15) is 0 Å². The van der Waals surface area contributed by atoms with Crippen molar-refractivity contribution in [2.24, 2.45) is 0 Å². The van der Waals surface area contributed by atoms with Gasteiger partial charge in [-0.15, -0.1) is 0 Å². The molecule has 18 heavy (non-hydrogen) atoms. The quantitative estimate of drug-likeness (QED) is 0.850. The first-order chi connectivity index (χ1) is 8.76. The minimum Gasteiger partial charge on any atom is -0.299 e. The van der Waals surface area contributed by atoms with E-state index in [-0.39, 0.29) is 5.60 Å². The number of hydrogen-bond acceptors (Lipinski definition) is 4. The highest BCUT2D eigenvalue weighted by atomic mass is 79.9. The molecule has 5 heteroatoms. The Kier molecular flexibility index (Phi) is 3.37. The van der Waals surface area contributed by atoms with Crippen LogP contribution in [-0.4, -0.2) is 28.6 Å². The highest BCUT2D eigenvalue weighted by molar-refractivity contribution is 9.11. The highest BCUT2D eigenvalue weighted by Crippen LogP contribution is 2.33. The Labute approximate surface area is 115 Å². The molecule has 1 aromatic rings. The number of aromatic nitrogens is 1. The van der Waals surface area contributed by atoms with E-state index in [1.165, 1.54) is 5.56 Å². The summed E-state index contributed by atoms with van der Waals surface area (Å²) < 4.78 is 0.947. The Morgan fingerprint density at radius 1 is 1.44 bits per heavy atom. The molecule has 96 valence electrons. The molecule has 1 saturated heterocycles. The highest BCUT2D eigenvalue weighted by Gasteiger charge is 2.37. The molecule has 0 radical (unpaired) electrons. The zero-order valence-electron chi connectivity index (χ0n) is 10.1. The van der Waals surface area contributed by atoms with Crippen LogP contribution >= 0.6 is 15.9 Å². The number of rotatable bonds is 2. The lowest BCUT2D eigenvalue weighted by Gasteiger charge is -2.36. The van der Waals surface area contributed by atoms with E-state index in [1.54, 1.807) is 0 Å². The van der Waals surface area contributed by atoms with Gasteiger partial charge in [0.05, 0.1) is 0 Å². The molecule has 0 aliphatic carbocycles. The van der Waals surface area contributed by atoms with Gasteiger partial charge in [0.2, 0.25) is 0 Å².